The molecule has 1 heterocycles. The van der Waals surface area contributed by atoms with E-state index in [1.165, 1.54) is 0 Å². The highest BCUT2D eigenvalue weighted by atomic mass is 16.5. The zero-order valence-electron chi connectivity index (χ0n) is 10.5. The van der Waals surface area contributed by atoms with Gasteiger partial charge in [-0.1, -0.05) is 37.3 Å². The van der Waals surface area contributed by atoms with Gasteiger partial charge in [-0.25, -0.2) is 0 Å². The van der Waals surface area contributed by atoms with Crippen molar-refractivity contribution in [2.45, 2.75) is 19.9 Å². The Morgan fingerprint density at radius 3 is 2.61 bits per heavy atom. The SMILES string of the molecule is CCCOc1cccn(Cc2ccccc2)c1=O. The first kappa shape index (κ1) is 12.4. The van der Waals surface area contributed by atoms with Crippen LogP contribution in [0.1, 0.15) is 18.9 Å². The third-order valence-electron chi connectivity index (χ3n) is 2.64. The van der Waals surface area contributed by atoms with Crippen LogP contribution >= 0.6 is 0 Å². The van der Waals surface area contributed by atoms with Crippen LogP contribution in [0.5, 0.6) is 5.75 Å². The Morgan fingerprint density at radius 1 is 1.11 bits per heavy atom. The fourth-order valence-corrected chi connectivity index (χ4v) is 1.74. The smallest absolute Gasteiger partial charge is 0.293 e. The summed E-state index contributed by atoms with van der Waals surface area (Å²) in [5.74, 6) is 0.426. The van der Waals surface area contributed by atoms with E-state index in [1.54, 1.807) is 16.8 Å². The van der Waals surface area contributed by atoms with E-state index < -0.39 is 0 Å². The van der Waals surface area contributed by atoms with Crippen molar-refractivity contribution in [2.24, 2.45) is 0 Å². The highest BCUT2D eigenvalue weighted by Gasteiger charge is 2.04. The van der Waals surface area contributed by atoms with Crippen molar-refractivity contribution in [1.82, 2.24) is 4.57 Å². The Labute approximate surface area is 107 Å². The van der Waals surface area contributed by atoms with Gasteiger partial charge in [0, 0.05) is 6.20 Å². The van der Waals surface area contributed by atoms with Crippen LogP contribution < -0.4 is 10.3 Å². The number of pyridine rings is 1. The van der Waals surface area contributed by atoms with E-state index in [9.17, 15) is 4.79 Å². The summed E-state index contributed by atoms with van der Waals surface area (Å²) >= 11 is 0. The van der Waals surface area contributed by atoms with Crippen LogP contribution in [0, 0.1) is 0 Å². The van der Waals surface area contributed by atoms with Gasteiger partial charge in [0.1, 0.15) is 0 Å². The minimum absolute atomic E-state index is 0.0743. The number of ether oxygens (including phenoxy) is 1. The monoisotopic (exact) mass is 243 g/mol. The van der Waals surface area contributed by atoms with Gasteiger partial charge in [-0.05, 0) is 24.1 Å². The molecule has 0 aliphatic carbocycles. The molecule has 3 heteroatoms. The van der Waals surface area contributed by atoms with Crippen molar-refractivity contribution < 1.29 is 4.74 Å². The Balaban J connectivity index is 2.21. The molecule has 0 radical (unpaired) electrons. The number of aromatic nitrogens is 1. The maximum Gasteiger partial charge on any atom is 0.293 e. The number of nitrogens with zero attached hydrogens (tertiary/aromatic N) is 1. The molecule has 18 heavy (non-hydrogen) atoms. The van der Waals surface area contributed by atoms with E-state index >= 15 is 0 Å². The molecular formula is C15H17NO2. The summed E-state index contributed by atoms with van der Waals surface area (Å²) in [4.78, 5) is 12.1. The average molecular weight is 243 g/mol. The zero-order valence-corrected chi connectivity index (χ0v) is 10.5. The van der Waals surface area contributed by atoms with E-state index in [0.29, 0.717) is 18.9 Å². The van der Waals surface area contributed by atoms with Gasteiger partial charge in [0.15, 0.2) is 5.75 Å². The molecule has 0 N–H and O–H groups in total. The van der Waals surface area contributed by atoms with E-state index in [-0.39, 0.29) is 5.56 Å². The lowest BCUT2D eigenvalue weighted by Gasteiger charge is -2.09. The first-order valence-corrected chi connectivity index (χ1v) is 6.17. The van der Waals surface area contributed by atoms with Crippen molar-refractivity contribution >= 4 is 0 Å². The lowest BCUT2D eigenvalue weighted by molar-refractivity contribution is 0.310. The fraction of sp³-hybridized carbons (Fsp3) is 0.267. The highest BCUT2D eigenvalue weighted by Crippen LogP contribution is 2.05. The van der Waals surface area contributed by atoms with Crippen LogP contribution in [-0.2, 0) is 6.54 Å². The molecule has 2 aromatic rings. The normalized spacial score (nSPS) is 10.3. The summed E-state index contributed by atoms with van der Waals surface area (Å²) in [6.07, 6.45) is 2.68. The number of rotatable bonds is 5. The van der Waals surface area contributed by atoms with Gasteiger partial charge >= 0.3 is 0 Å². The lowest BCUT2D eigenvalue weighted by Crippen LogP contribution is -2.21. The molecule has 0 bridgehead atoms. The van der Waals surface area contributed by atoms with Gasteiger partial charge in [0.2, 0.25) is 0 Å². The standard InChI is InChI=1S/C15H17NO2/c1-2-11-18-14-9-6-10-16(15(14)17)12-13-7-4-3-5-8-13/h3-10H,2,11-12H2,1H3. The molecule has 94 valence electrons. The molecule has 0 spiro atoms. The van der Waals surface area contributed by atoms with Gasteiger partial charge in [0.25, 0.3) is 5.56 Å². The van der Waals surface area contributed by atoms with Crippen molar-refractivity contribution in [3.05, 3.63) is 64.6 Å². The maximum absolute atomic E-state index is 12.1. The highest BCUT2D eigenvalue weighted by molar-refractivity contribution is 5.20. The van der Waals surface area contributed by atoms with E-state index in [1.807, 2.05) is 43.3 Å². The third kappa shape index (κ3) is 3.00. The van der Waals surface area contributed by atoms with Gasteiger partial charge < -0.3 is 9.30 Å². The molecule has 0 amide bonds. The third-order valence-corrected chi connectivity index (χ3v) is 2.64. The van der Waals surface area contributed by atoms with Crippen LogP contribution in [-0.4, -0.2) is 11.2 Å². The van der Waals surface area contributed by atoms with Crippen molar-refractivity contribution in [2.75, 3.05) is 6.61 Å². The van der Waals surface area contributed by atoms with Crippen LogP contribution in [0.4, 0.5) is 0 Å². The summed E-state index contributed by atoms with van der Waals surface area (Å²) in [5, 5.41) is 0. The molecule has 0 aliphatic heterocycles. The zero-order chi connectivity index (χ0) is 12.8. The molecule has 1 aromatic heterocycles. The summed E-state index contributed by atoms with van der Waals surface area (Å²) in [7, 11) is 0. The minimum atomic E-state index is -0.0743. The molecule has 0 aliphatic rings. The predicted octanol–water partition coefficient (Wildman–Crippen LogP) is 2.69. The van der Waals surface area contributed by atoms with Gasteiger partial charge in [0.05, 0.1) is 13.2 Å². The van der Waals surface area contributed by atoms with Gasteiger partial charge in [-0.15, -0.1) is 0 Å². The lowest BCUT2D eigenvalue weighted by atomic mass is 10.2. The molecule has 3 nitrogen and oxygen atoms in total. The fourth-order valence-electron chi connectivity index (χ4n) is 1.74. The molecule has 1 aromatic carbocycles. The first-order chi connectivity index (χ1) is 8.81. The Bertz CT molecular complexity index is 546. The Morgan fingerprint density at radius 2 is 1.89 bits per heavy atom. The Hall–Kier alpha value is -2.03. The van der Waals surface area contributed by atoms with E-state index in [2.05, 4.69) is 0 Å². The van der Waals surface area contributed by atoms with E-state index in [0.717, 1.165) is 12.0 Å². The second kappa shape index (κ2) is 6.05. The second-order valence-electron chi connectivity index (χ2n) is 4.14. The molecule has 0 saturated heterocycles. The summed E-state index contributed by atoms with van der Waals surface area (Å²) in [6, 6.07) is 13.5. The summed E-state index contributed by atoms with van der Waals surface area (Å²) < 4.78 is 7.10. The maximum atomic E-state index is 12.1. The molecule has 0 saturated carbocycles. The quantitative estimate of drug-likeness (QED) is 0.808. The predicted molar refractivity (Wildman–Crippen MR) is 72.0 cm³/mol. The topological polar surface area (TPSA) is 31.2 Å². The number of hydrogen-bond acceptors (Lipinski definition) is 2. The molecule has 0 atom stereocenters. The second-order valence-corrected chi connectivity index (χ2v) is 4.14. The van der Waals surface area contributed by atoms with Crippen LogP contribution in [0.15, 0.2) is 53.5 Å². The Kier molecular flexibility index (Phi) is 4.18. The summed E-state index contributed by atoms with van der Waals surface area (Å²) in [5.41, 5.74) is 1.03. The first-order valence-electron chi connectivity index (χ1n) is 6.17. The molecule has 2 rings (SSSR count). The molecule has 0 fully saturated rings. The average Bonchev–Trinajstić information content (AvgIpc) is 2.41. The molecular weight excluding hydrogens is 226 g/mol. The largest absolute Gasteiger partial charge is 0.488 e. The number of benzene rings is 1. The van der Waals surface area contributed by atoms with Crippen LogP contribution in [0.3, 0.4) is 0 Å². The van der Waals surface area contributed by atoms with Crippen molar-refractivity contribution in [3.63, 3.8) is 0 Å². The number of hydrogen-bond donors (Lipinski definition) is 0. The minimum Gasteiger partial charge on any atom is -0.488 e. The molecule has 0 unspecified atom stereocenters. The summed E-state index contributed by atoms with van der Waals surface area (Å²) in [6.45, 7) is 3.17. The van der Waals surface area contributed by atoms with Crippen molar-refractivity contribution in [3.8, 4) is 5.75 Å². The van der Waals surface area contributed by atoms with E-state index in [4.69, 9.17) is 4.74 Å². The van der Waals surface area contributed by atoms with Crippen LogP contribution in [0.25, 0.3) is 0 Å². The van der Waals surface area contributed by atoms with Crippen molar-refractivity contribution in [1.29, 1.82) is 0 Å². The van der Waals surface area contributed by atoms with Crippen LogP contribution in [0.2, 0.25) is 0 Å². The van der Waals surface area contributed by atoms with Gasteiger partial charge in [-0.3, -0.25) is 4.79 Å². The van der Waals surface area contributed by atoms with Gasteiger partial charge in [-0.2, -0.15) is 0 Å².